The second-order valence-electron chi connectivity index (χ2n) is 5.17. The molecule has 0 fully saturated rings. The molecule has 122 valence electrons. The van der Waals surface area contributed by atoms with E-state index in [-0.39, 0.29) is 18.0 Å². The summed E-state index contributed by atoms with van der Waals surface area (Å²) in [5.41, 5.74) is 1.72. The van der Waals surface area contributed by atoms with E-state index in [2.05, 4.69) is 4.74 Å². The molecule has 2 aromatic carbocycles. The van der Waals surface area contributed by atoms with Crippen molar-refractivity contribution in [3.05, 3.63) is 65.0 Å². The van der Waals surface area contributed by atoms with Crippen molar-refractivity contribution in [2.24, 2.45) is 0 Å². The lowest BCUT2D eigenvalue weighted by atomic mass is 10.0. The number of hydrogen-bond acceptors (Lipinski definition) is 2. The number of carbonyl (C=O) groups excluding carboxylic acids is 1. The van der Waals surface area contributed by atoms with Crippen molar-refractivity contribution in [2.45, 2.75) is 26.1 Å². The third-order valence-electron chi connectivity index (χ3n) is 3.12. The van der Waals surface area contributed by atoms with Gasteiger partial charge in [-0.05, 0) is 48.2 Å². The Hall–Kier alpha value is -2.37. The third kappa shape index (κ3) is 5.39. The van der Waals surface area contributed by atoms with Gasteiger partial charge in [0, 0.05) is 6.42 Å². The van der Waals surface area contributed by atoms with Gasteiger partial charge in [-0.15, -0.1) is 13.2 Å². The molecule has 2 rings (SSSR count). The number of rotatable bonds is 5. The fraction of sp³-hybridized carbons (Fsp3) is 0.235. The van der Waals surface area contributed by atoms with Gasteiger partial charge < -0.3 is 4.74 Å². The van der Waals surface area contributed by atoms with Crippen LogP contribution >= 0.6 is 0 Å². The summed E-state index contributed by atoms with van der Waals surface area (Å²) in [7, 11) is 0. The van der Waals surface area contributed by atoms with Crippen LogP contribution in [-0.2, 0) is 17.6 Å². The number of ketones is 1. The van der Waals surface area contributed by atoms with Gasteiger partial charge in [-0.25, -0.2) is 4.39 Å². The first-order valence-corrected chi connectivity index (χ1v) is 6.84. The first-order valence-electron chi connectivity index (χ1n) is 6.84. The summed E-state index contributed by atoms with van der Waals surface area (Å²) in [5, 5.41) is 0. The molecule has 2 nitrogen and oxygen atoms in total. The second-order valence-corrected chi connectivity index (χ2v) is 5.17. The van der Waals surface area contributed by atoms with Crippen molar-refractivity contribution in [1.82, 2.24) is 0 Å². The van der Waals surface area contributed by atoms with Crippen LogP contribution < -0.4 is 4.74 Å². The van der Waals surface area contributed by atoms with Crippen LogP contribution in [0.1, 0.15) is 23.6 Å². The summed E-state index contributed by atoms with van der Waals surface area (Å²) in [6.07, 6.45) is -4.32. The van der Waals surface area contributed by atoms with E-state index in [1.54, 1.807) is 12.1 Å². The van der Waals surface area contributed by atoms with Crippen LogP contribution in [0.4, 0.5) is 17.6 Å². The standard InChI is InChI=1S/C17H14F4O2/c1-11(22)8-14-5-2-13(10-16(14)18)9-12-3-6-15(7-4-12)23-17(19,20)21/h2-7,10H,8-9H2,1H3. The number of alkyl halides is 3. The monoisotopic (exact) mass is 326 g/mol. The van der Waals surface area contributed by atoms with Crippen LogP contribution in [0.3, 0.4) is 0 Å². The maximum atomic E-state index is 13.9. The molecule has 0 spiro atoms. The second kappa shape index (κ2) is 6.81. The highest BCUT2D eigenvalue weighted by Crippen LogP contribution is 2.23. The topological polar surface area (TPSA) is 26.3 Å². The molecule has 0 unspecified atom stereocenters. The molecule has 0 atom stereocenters. The van der Waals surface area contributed by atoms with Crippen LogP contribution in [0.5, 0.6) is 5.75 Å². The van der Waals surface area contributed by atoms with Gasteiger partial charge in [0.2, 0.25) is 0 Å². The number of ether oxygens (including phenoxy) is 1. The molecule has 0 heterocycles. The minimum absolute atomic E-state index is 0.0373. The zero-order chi connectivity index (χ0) is 17.0. The molecule has 0 saturated carbocycles. The Morgan fingerprint density at radius 3 is 2.17 bits per heavy atom. The molecule has 0 amide bonds. The molecule has 6 heteroatoms. The molecular weight excluding hydrogens is 312 g/mol. The molecule has 0 aromatic heterocycles. The predicted molar refractivity (Wildman–Crippen MR) is 76.7 cm³/mol. The van der Waals surface area contributed by atoms with Gasteiger partial charge >= 0.3 is 6.36 Å². The summed E-state index contributed by atoms with van der Waals surface area (Å²) in [6.45, 7) is 1.39. The minimum atomic E-state index is -4.73. The van der Waals surface area contributed by atoms with E-state index in [9.17, 15) is 22.4 Å². The maximum absolute atomic E-state index is 13.9. The van der Waals surface area contributed by atoms with Crippen molar-refractivity contribution in [1.29, 1.82) is 0 Å². The molecule has 2 aromatic rings. The fourth-order valence-corrected chi connectivity index (χ4v) is 2.16. The van der Waals surface area contributed by atoms with E-state index < -0.39 is 12.2 Å². The summed E-state index contributed by atoms with van der Waals surface area (Å²) in [5.74, 6) is -0.893. The summed E-state index contributed by atoms with van der Waals surface area (Å²) in [6, 6.07) is 9.98. The molecule has 0 saturated heterocycles. The lowest BCUT2D eigenvalue weighted by molar-refractivity contribution is -0.274. The highest BCUT2D eigenvalue weighted by molar-refractivity contribution is 5.78. The van der Waals surface area contributed by atoms with E-state index in [0.717, 1.165) is 5.56 Å². The first-order chi connectivity index (χ1) is 10.7. The SMILES string of the molecule is CC(=O)Cc1ccc(Cc2ccc(OC(F)(F)F)cc2)cc1F. The number of Topliss-reactive ketones (excluding diaryl/α,β-unsaturated/α-hetero) is 1. The molecule has 0 radical (unpaired) electrons. The summed E-state index contributed by atoms with van der Waals surface area (Å²) in [4.78, 5) is 11.0. The van der Waals surface area contributed by atoms with Crippen molar-refractivity contribution < 1.29 is 27.1 Å². The van der Waals surface area contributed by atoms with Crippen LogP contribution in [0.15, 0.2) is 42.5 Å². The van der Waals surface area contributed by atoms with Gasteiger partial charge in [-0.3, -0.25) is 4.79 Å². The Morgan fingerprint density at radius 2 is 1.65 bits per heavy atom. The van der Waals surface area contributed by atoms with Crippen LogP contribution in [0.2, 0.25) is 0 Å². The van der Waals surface area contributed by atoms with E-state index in [4.69, 9.17) is 0 Å². The lowest BCUT2D eigenvalue weighted by Gasteiger charge is -2.09. The molecule has 0 N–H and O–H groups in total. The Morgan fingerprint density at radius 1 is 1.04 bits per heavy atom. The van der Waals surface area contributed by atoms with Crippen molar-refractivity contribution >= 4 is 5.78 Å². The van der Waals surface area contributed by atoms with Gasteiger partial charge in [-0.1, -0.05) is 24.3 Å². The average molecular weight is 326 g/mol. The van der Waals surface area contributed by atoms with Gasteiger partial charge in [0.05, 0.1) is 0 Å². The average Bonchev–Trinajstić information content (AvgIpc) is 2.42. The van der Waals surface area contributed by atoms with Crippen LogP contribution in [0.25, 0.3) is 0 Å². The summed E-state index contributed by atoms with van der Waals surface area (Å²) >= 11 is 0. The van der Waals surface area contributed by atoms with Gasteiger partial charge in [0.1, 0.15) is 17.3 Å². The quantitative estimate of drug-likeness (QED) is 0.759. The van der Waals surface area contributed by atoms with E-state index in [1.807, 2.05) is 0 Å². The Labute approximate surface area is 130 Å². The maximum Gasteiger partial charge on any atom is 0.573 e. The smallest absolute Gasteiger partial charge is 0.406 e. The first kappa shape index (κ1) is 17.0. The van der Waals surface area contributed by atoms with E-state index in [1.165, 1.54) is 37.3 Å². The zero-order valence-electron chi connectivity index (χ0n) is 12.3. The normalized spacial score (nSPS) is 11.3. The van der Waals surface area contributed by atoms with Crippen molar-refractivity contribution in [3.8, 4) is 5.75 Å². The molecule has 0 aliphatic heterocycles. The number of benzene rings is 2. The molecule has 0 aliphatic carbocycles. The minimum Gasteiger partial charge on any atom is -0.406 e. The Kier molecular flexibility index (Phi) is 5.03. The highest BCUT2D eigenvalue weighted by Gasteiger charge is 2.30. The third-order valence-corrected chi connectivity index (χ3v) is 3.12. The van der Waals surface area contributed by atoms with E-state index in [0.29, 0.717) is 17.5 Å². The Balaban J connectivity index is 2.07. The fourth-order valence-electron chi connectivity index (χ4n) is 2.16. The zero-order valence-corrected chi connectivity index (χ0v) is 12.3. The van der Waals surface area contributed by atoms with Gasteiger partial charge in [0.25, 0.3) is 0 Å². The highest BCUT2D eigenvalue weighted by atomic mass is 19.4. The van der Waals surface area contributed by atoms with Gasteiger partial charge in [0.15, 0.2) is 0 Å². The lowest BCUT2D eigenvalue weighted by Crippen LogP contribution is -2.17. The van der Waals surface area contributed by atoms with Crippen LogP contribution in [-0.4, -0.2) is 12.1 Å². The number of carbonyl (C=O) groups is 1. The van der Waals surface area contributed by atoms with E-state index >= 15 is 0 Å². The molecule has 0 bridgehead atoms. The predicted octanol–water partition coefficient (Wildman–Crippen LogP) is 4.45. The largest absolute Gasteiger partial charge is 0.573 e. The van der Waals surface area contributed by atoms with Crippen molar-refractivity contribution in [3.63, 3.8) is 0 Å². The van der Waals surface area contributed by atoms with Crippen molar-refractivity contribution in [2.75, 3.05) is 0 Å². The Bertz CT molecular complexity index is 691. The molecule has 0 aliphatic rings. The number of hydrogen-bond donors (Lipinski definition) is 0. The number of halogens is 4. The van der Waals surface area contributed by atoms with Crippen LogP contribution in [0, 0.1) is 5.82 Å². The summed E-state index contributed by atoms with van der Waals surface area (Å²) < 4.78 is 53.9. The van der Waals surface area contributed by atoms with Gasteiger partial charge in [-0.2, -0.15) is 0 Å². The molecular formula is C17H14F4O2. The molecule has 23 heavy (non-hydrogen) atoms.